The van der Waals surface area contributed by atoms with Crippen molar-refractivity contribution in [2.75, 3.05) is 31.1 Å². The van der Waals surface area contributed by atoms with Gasteiger partial charge in [0.15, 0.2) is 28.6 Å². The first kappa shape index (κ1) is 43.3. The van der Waals surface area contributed by atoms with Gasteiger partial charge in [0, 0.05) is 39.1 Å². The van der Waals surface area contributed by atoms with Gasteiger partial charge < -0.3 is 45.7 Å². The summed E-state index contributed by atoms with van der Waals surface area (Å²) in [4.78, 5) is 40.5. The maximum absolute atomic E-state index is 11.6. The van der Waals surface area contributed by atoms with Crippen molar-refractivity contribution in [2.45, 2.75) is 37.9 Å². The van der Waals surface area contributed by atoms with Crippen LogP contribution in [0.25, 0.3) is 22.2 Å². The molecule has 310 valence electrons. The van der Waals surface area contributed by atoms with E-state index in [0.29, 0.717) is 16.7 Å². The topological polar surface area (TPSA) is 272 Å². The maximum Gasteiger partial charge on any atom is 0.417 e. The van der Waals surface area contributed by atoms with Gasteiger partial charge in [0.05, 0.1) is 11.2 Å². The second-order valence-corrected chi connectivity index (χ2v) is 14.3. The van der Waals surface area contributed by atoms with Crippen molar-refractivity contribution in [1.82, 2.24) is 15.3 Å². The number of anilines is 1. The first-order chi connectivity index (χ1) is 28.1. The number of phenols is 4. The summed E-state index contributed by atoms with van der Waals surface area (Å²) in [6.07, 6.45) is 0.204. The van der Waals surface area contributed by atoms with Crippen LogP contribution in [-0.4, -0.2) is 90.2 Å². The number of phenolic OH excluding ortho intramolecular Hbond substituents is 4. The average Bonchev–Trinajstić information content (AvgIpc) is 3.62. The molecule has 0 saturated carbocycles. The zero-order chi connectivity index (χ0) is 42.7. The van der Waals surface area contributed by atoms with Crippen molar-refractivity contribution in [1.29, 1.82) is 0 Å². The van der Waals surface area contributed by atoms with Crippen LogP contribution in [0.5, 0.6) is 23.0 Å². The predicted octanol–water partition coefficient (Wildman–Crippen LogP) is 4.11. The van der Waals surface area contributed by atoms with Crippen LogP contribution in [-0.2, 0) is 29.0 Å². The number of oxazole rings is 1. The molecule has 6 aromatic rings. The van der Waals surface area contributed by atoms with E-state index in [9.17, 15) is 19.5 Å². The predicted molar refractivity (Wildman–Crippen MR) is 222 cm³/mol. The number of aliphatic carboxylic acids is 2. The molecule has 16 heteroatoms. The van der Waals surface area contributed by atoms with E-state index in [0.717, 1.165) is 43.9 Å². The number of hydrogen-bond acceptors (Lipinski definition) is 13. The number of carboxylic acid groups (broad SMARTS) is 2. The number of para-hydroxylation sites is 1. The van der Waals surface area contributed by atoms with Gasteiger partial charge in [0.1, 0.15) is 11.6 Å². The number of fused-ring (bicyclic) bond motifs is 1. The number of nitrogens with two attached hydrogens (primary N) is 2. The highest BCUT2D eigenvalue weighted by molar-refractivity contribution is 5.86. The van der Waals surface area contributed by atoms with Gasteiger partial charge in [0.25, 0.3) is 0 Å². The quantitative estimate of drug-likeness (QED) is 0.0501. The molecule has 0 amide bonds. The van der Waals surface area contributed by atoms with E-state index in [-0.39, 0.29) is 35.8 Å². The minimum absolute atomic E-state index is 0.0900. The number of rotatable bonds is 11. The zero-order valence-electron chi connectivity index (χ0n) is 32.3. The molecule has 16 nitrogen and oxygen atoms in total. The highest BCUT2D eigenvalue weighted by atomic mass is 16.4. The Kier molecular flexibility index (Phi) is 14.3. The number of carbonyl (C=O) groups is 2. The second kappa shape index (κ2) is 19.5. The maximum atomic E-state index is 11.6. The Morgan fingerprint density at radius 1 is 0.763 bits per heavy atom. The number of aromatic hydroxyl groups is 4. The minimum atomic E-state index is -1.32. The summed E-state index contributed by atoms with van der Waals surface area (Å²) in [6, 6.07) is 32.4. The number of aromatic amines is 1. The number of nitrogens with one attached hydrogen (secondary N) is 2. The van der Waals surface area contributed by atoms with Gasteiger partial charge in [-0.1, -0.05) is 66.7 Å². The molecule has 1 aliphatic heterocycles. The van der Waals surface area contributed by atoms with Crippen LogP contribution in [0.4, 0.5) is 5.69 Å². The Balaban J connectivity index is 0.000000187. The van der Waals surface area contributed by atoms with E-state index in [1.54, 1.807) is 0 Å². The van der Waals surface area contributed by atoms with Crippen LogP contribution in [0.2, 0.25) is 0 Å². The van der Waals surface area contributed by atoms with Crippen LogP contribution in [0.15, 0.2) is 118 Å². The monoisotopic (exact) mass is 808 g/mol. The Hall–Kier alpha value is -6.85. The number of carboxylic acids is 2. The molecule has 1 aliphatic rings. The lowest BCUT2D eigenvalue weighted by molar-refractivity contribution is -0.144. The summed E-state index contributed by atoms with van der Waals surface area (Å²) in [7, 11) is 0. The summed E-state index contributed by atoms with van der Waals surface area (Å²) in [5.41, 5.74) is 13.6. The average molecular weight is 809 g/mol. The molecule has 12 N–H and O–H groups in total. The number of benzene rings is 5. The molecule has 0 radical (unpaired) electrons. The van der Waals surface area contributed by atoms with Gasteiger partial charge in [-0.2, -0.15) is 0 Å². The molecule has 0 unspecified atom stereocenters. The third kappa shape index (κ3) is 11.6. The van der Waals surface area contributed by atoms with Gasteiger partial charge in [-0.05, 0) is 83.6 Å². The smallest absolute Gasteiger partial charge is 0.417 e. The molecule has 59 heavy (non-hydrogen) atoms. The number of hydrazine groups is 1. The number of nitrogens with zero attached hydrogens (tertiary/aromatic N) is 2. The van der Waals surface area contributed by atoms with E-state index in [4.69, 9.17) is 41.5 Å². The molecule has 2 atom stereocenters. The van der Waals surface area contributed by atoms with Crippen molar-refractivity contribution in [3.8, 4) is 34.1 Å². The molecule has 5 aromatic carbocycles. The van der Waals surface area contributed by atoms with Crippen LogP contribution in [0.1, 0.15) is 23.6 Å². The Morgan fingerprint density at radius 2 is 1.37 bits per heavy atom. The summed E-state index contributed by atoms with van der Waals surface area (Å²) >= 11 is 0. The molecule has 0 spiro atoms. The Bertz CT molecular complexity index is 2410. The molecule has 1 aromatic heterocycles. The van der Waals surface area contributed by atoms with Crippen LogP contribution >= 0.6 is 0 Å². The Morgan fingerprint density at radius 3 is 1.98 bits per heavy atom. The molecule has 7 rings (SSSR count). The standard InChI is InChI=1S/C24H23N3O2.C10H14N2O4.C9H11NO4/c28-24-25-21-10-5-11-22(23(21)29-24)27-14-12-26(13-15-27)17-18-6-4-9-20(16-18)19-7-2-1-3-8-19;1-10(12-11,9(15)16)5-6-2-3-7(13)8(14)4-6;10-6(9(13)14)3-5-1-2-7(11)8(12)4-5/h1-11,16H,12-15,17H2,(H,25,28);2-4,12-14H,5,11H2,1H3,(H,15,16);1-2,4,6,11-12H,3,10H2,(H,13,14)/t;10-;6-/m.00/s1. The van der Waals surface area contributed by atoms with Crippen molar-refractivity contribution in [2.24, 2.45) is 11.6 Å². The molecule has 0 bridgehead atoms. The van der Waals surface area contributed by atoms with Crippen molar-refractivity contribution in [3.05, 3.63) is 136 Å². The third-order valence-corrected chi connectivity index (χ3v) is 9.78. The normalized spacial score (nSPS) is 14.3. The number of H-pyrrole nitrogens is 1. The van der Waals surface area contributed by atoms with Gasteiger partial charge >= 0.3 is 17.7 Å². The Labute approximate surface area is 339 Å². The van der Waals surface area contributed by atoms with Gasteiger partial charge in [-0.3, -0.25) is 25.3 Å². The fourth-order valence-electron chi connectivity index (χ4n) is 6.41. The minimum Gasteiger partial charge on any atom is -0.504 e. The molecule has 1 fully saturated rings. The lowest BCUT2D eigenvalue weighted by Crippen LogP contribution is -2.54. The van der Waals surface area contributed by atoms with E-state index < -0.39 is 29.3 Å². The lowest BCUT2D eigenvalue weighted by Gasteiger charge is -2.36. The molecular formula is C43H48N6O10. The highest BCUT2D eigenvalue weighted by Crippen LogP contribution is 2.29. The van der Waals surface area contributed by atoms with Gasteiger partial charge in [-0.15, -0.1) is 0 Å². The molecule has 2 heterocycles. The first-order valence-corrected chi connectivity index (χ1v) is 18.6. The summed E-state index contributed by atoms with van der Waals surface area (Å²) in [5.74, 6) is 1.53. The van der Waals surface area contributed by atoms with E-state index in [1.807, 2.05) is 24.3 Å². The molecule has 0 aliphatic carbocycles. The lowest BCUT2D eigenvalue weighted by atomic mass is 9.93. The number of piperazine rings is 1. The van der Waals surface area contributed by atoms with E-state index >= 15 is 0 Å². The summed E-state index contributed by atoms with van der Waals surface area (Å²) in [5, 5.41) is 54.0. The zero-order valence-corrected chi connectivity index (χ0v) is 32.3. The van der Waals surface area contributed by atoms with Crippen LogP contribution < -0.4 is 27.7 Å². The summed E-state index contributed by atoms with van der Waals surface area (Å²) in [6.45, 7) is 6.14. The molecular weight excluding hydrogens is 761 g/mol. The highest BCUT2D eigenvalue weighted by Gasteiger charge is 2.32. The van der Waals surface area contributed by atoms with Gasteiger partial charge in [0.2, 0.25) is 0 Å². The number of hydrogen-bond donors (Lipinski definition) is 10. The van der Waals surface area contributed by atoms with Crippen LogP contribution in [0.3, 0.4) is 0 Å². The van der Waals surface area contributed by atoms with Crippen molar-refractivity contribution < 1.29 is 44.6 Å². The SMILES string of the molecule is C[C@@](Cc1ccc(O)c(O)c1)(NN)C(=O)O.N[C@@H](Cc1ccc(O)c(O)c1)C(=O)O.O=c1[nH]c2cccc(N3CCN(Cc4cccc(-c5ccccc5)c4)CC3)c2o1. The third-order valence-electron chi connectivity index (χ3n) is 9.78. The fraction of sp³-hybridized carbons (Fsp3) is 0.233. The molecule has 1 saturated heterocycles. The first-order valence-electron chi connectivity index (χ1n) is 18.6. The van der Waals surface area contributed by atoms with E-state index in [1.165, 1.54) is 60.0 Å². The summed E-state index contributed by atoms with van der Waals surface area (Å²) < 4.78 is 5.36. The largest absolute Gasteiger partial charge is 0.504 e. The van der Waals surface area contributed by atoms with Gasteiger partial charge in [-0.25, -0.2) is 10.2 Å². The number of aromatic nitrogens is 1. The van der Waals surface area contributed by atoms with E-state index in [2.05, 4.69) is 68.7 Å². The van der Waals surface area contributed by atoms with Crippen molar-refractivity contribution in [3.63, 3.8) is 0 Å². The fourth-order valence-corrected chi connectivity index (χ4v) is 6.41. The van der Waals surface area contributed by atoms with Crippen molar-refractivity contribution >= 4 is 28.7 Å². The van der Waals surface area contributed by atoms with Crippen LogP contribution in [0, 0.1) is 0 Å². The second-order valence-electron chi connectivity index (χ2n) is 14.3.